The molecule has 0 spiro atoms. The summed E-state index contributed by atoms with van der Waals surface area (Å²) in [5, 5.41) is 2.67. The van der Waals surface area contributed by atoms with Gasteiger partial charge in [0.2, 0.25) is 0 Å². The van der Waals surface area contributed by atoms with Gasteiger partial charge >= 0.3 is 6.03 Å². The first-order valence-electron chi connectivity index (χ1n) is 5.64. The van der Waals surface area contributed by atoms with Crippen molar-refractivity contribution in [2.45, 2.75) is 12.5 Å². The zero-order valence-corrected chi connectivity index (χ0v) is 10.3. The highest BCUT2D eigenvalue weighted by molar-refractivity contribution is 6.06. The Morgan fingerprint density at radius 2 is 2.22 bits per heavy atom. The SMILES string of the molecule is COCCN1C(=O)NC(C)(c2ccccn2)C1=O. The summed E-state index contributed by atoms with van der Waals surface area (Å²) in [5.74, 6) is -0.303. The number of pyridine rings is 1. The maximum absolute atomic E-state index is 12.3. The van der Waals surface area contributed by atoms with Crippen molar-refractivity contribution in [2.75, 3.05) is 20.3 Å². The summed E-state index contributed by atoms with van der Waals surface area (Å²) in [5.41, 5.74) is -0.560. The lowest BCUT2D eigenvalue weighted by Crippen LogP contribution is -2.41. The monoisotopic (exact) mass is 249 g/mol. The Morgan fingerprint density at radius 3 is 2.83 bits per heavy atom. The minimum atomic E-state index is -1.09. The number of urea groups is 1. The van der Waals surface area contributed by atoms with Gasteiger partial charge in [0.1, 0.15) is 0 Å². The Morgan fingerprint density at radius 1 is 1.44 bits per heavy atom. The van der Waals surface area contributed by atoms with Gasteiger partial charge in [0.05, 0.1) is 18.8 Å². The van der Waals surface area contributed by atoms with E-state index in [1.807, 2.05) is 0 Å². The van der Waals surface area contributed by atoms with Crippen LogP contribution in [0.15, 0.2) is 24.4 Å². The number of nitrogens with zero attached hydrogens (tertiary/aromatic N) is 2. The number of rotatable bonds is 4. The Balaban J connectivity index is 2.26. The first kappa shape index (κ1) is 12.5. The fourth-order valence-electron chi connectivity index (χ4n) is 1.91. The van der Waals surface area contributed by atoms with Crippen LogP contribution in [0.4, 0.5) is 4.79 Å². The summed E-state index contributed by atoms with van der Waals surface area (Å²) < 4.78 is 4.88. The molecule has 1 aromatic heterocycles. The lowest BCUT2D eigenvalue weighted by Gasteiger charge is -2.20. The van der Waals surface area contributed by atoms with E-state index in [2.05, 4.69) is 10.3 Å². The Labute approximate surface area is 105 Å². The highest BCUT2D eigenvalue weighted by Gasteiger charge is 2.49. The van der Waals surface area contributed by atoms with Crippen LogP contribution in [-0.4, -0.2) is 42.1 Å². The predicted molar refractivity (Wildman–Crippen MR) is 63.7 cm³/mol. The van der Waals surface area contributed by atoms with Gasteiger partial charge in [0.15, 0.2) is 5.54 Å². The number of ether oxygens (including phenoxy) is 1. The van der Waals surface area contributed by atoms with Gasteiger partial charge in [-0.1, -0.05) is 6.07 Å². The van der Waals surface area contributed by atoms with E-state index in [1.165, 1.54) is 7.11 Å². The van der Waals surface area contributed by atoms with E-state index in [4.69, 9.17) is 4.74 Å². The van der Waals surface area contributed by atoms with E-state index in [1.54, 1.807) is 31.3 Å². The number of carbonyl (C=O) groups excluding carboxylic acids is 2. The molecule has 1 saturated heterocycles. The molecule has 96 valence electrons. The average molecular weight is 249 g/mol. The third kappa shape index (κ3) is 1.95. The van der Waals surface area contributed by atoms with Gasteiger partial charge in [0.25, 0.3) is 5.91 Å². The van der Waals surface area contributed by atoms with E-state index in [0.717, 1.165) is 4.90 Å². The summed E-state index contributed by atoms with van der Waals surface area (Å²) in [7, 11) is 1.52. The Bertz CT molecular complexity index is 463. The third-order valence-electron chi connectivity index (χ3n) is 2.97. The van der Waals surface area contributed by atoms with Crippen LogP contribution in [0.5, 0.6) is 0 Å². The second-order valence-corrected chi connectivity index (χ2v) is 4.22. The quantitative estimate of drug-likeness (QED) is 0.788. The van der Waals surface area contributed by atoms with Crippen LogP contribution < -0.4 is 5.32 Å². The molecule has 3 amide bonds. The molecule has 0 saturated carbocycles. The molecule has 2 rings (SSSR count). The van der Waals surface area contributed by atoms with Crippen molar-refractivity contribution in [3.8, 4) is 0 Å². The van der Waals surface area contributed by atoms with Crippen LogP contribution in [0.2, 0.25) is 0 Å². The largest absolute Gasteiger partial charge is 0.383 e. The summed E-state index contributed by atoms with van der Waals surface area (Å²) in [6.45, 7) is 2.21. The third-order valence-corrected chi connectivity index (χ3v) is 2.97. The fraction of sp³-hybridized carbons (Fsp3) is 0.417. The fourth-order valence-corrected chi connectivity index (χ4v) is 1.91. The number of nitrogens with one attached hydrogen (secondary N) is 1. The van der Waals surface area contributed by atoms with Gasteiger partial charge < -0.3 is 10.1 Å². The molecule has 1 fully saturated rings. The molecule has 1 aliphatic rings. The number of aromatic nitrogens is 1. The molecule has 1 aromatic rings. The highest BCUT2D eigenvalue weighted by atomic mass is 16.5. The van der Waals surface area contributed by atoms with Crippen molar-refractivity contribution < 1.29 is 14.3 Å². The van der Waals surface area contributed by atoms with Crippen molar-refractivity contribution in [2.24, 2.45) is 0 Å². The summed E-state index contributed by atoms with van der Waals surface area (Å²) >= 11 is 0. The van der Waals surface area contributed by atoms with Gasteiger partial charge in [-0.3, -0.25) is 14.7 Å². The topological polar surface area (TPSA) is 71.5 Å². The second kappa shape index (κ2) is 4.73. The maximum atomic E-state index is 12.3. The molecule has 18 heavy (non-hydrogen) atoms. The van der Waals surface area contributed by atoms with Crippen molar-refractivity contribution >= 4 is 11.9 Å². The maximum Gasteiger partial charge on any atom is 0.325 e. The standard InChI is InChI=1S/C12H15N3O3/c1-12(9-5-3-4-6-13-9)10(16)15(7-8-18-2)11(17)14-12/h3-6H,7-8H2,1-2H3,(H,14,17). The van der Waals surface area contributed by atoms with Crippen LogP contribution in [0.3, 0.4) is 0 Å². The first-order valence-corrected chi connectivity index (χ1v) is 5.64. The average Bonchev–Trinajstić information content (AvgIpc) is 2.60. The zero-order chi connectivity index (χ0) is 13.2. The van der Waals surface area contributed by atoms with E-state index in [0.29, 0.717) is 12.3 Å². The lowest BCUT2D eigenvalue weighted by atomic mass is 9.97. The van der Waals surface area contributed by atoms with Crippen LogP contribution in [0, 0.1) is 0 Å². The lowest BCUT2D eigenvalue weighted by molar-refractivity contribution is -0.131. The highest BCUT2D eigenvalue weighted by Crippen LogP contribution is 2.26. The predicted octanol–water partition coefficient (Wildman–Crippen LogP) is 0.495. The van der Waals surface area contributed by atoms with E-state index >= 15 is 0 Å². The second-order valence-electron chi connectivity index (χ2n) is 4.22. The van der Waals surface area contributed by atoms with Crippen LogP contribution in [0.1, 0.15) is 12.6 Å². The van der Waals surface area contributed by atoms with Crippen molar-refractivity contribution in [3.05, 3.63) is 30.1 Å². The van der Waals surface area contributed by atoms with Gasteiger partial charge in [-0.15, -0.1) is 0 Å². The van der Waals surface area contributed by atoms with E-state index in [9.17, 15) is 9.59 Å². The van der Waals surface area contributed by atoms with Gasteiger partial charge in [-0.25, -0.2) is 4.79 Å². The number of hydrogen-bond acceptors (Lipinski definition) is 4. The Hall–Kier alpha value is -1.95. The number of hydrogen-bond donors (Lipinski definition) is 1. The van der Waals surface area contributed by atoms with E-state index < -0.39 is 11.6 Å². The van der Waals surface area contributed by atoms with Crippen molar-refractivity contribution in [3.63, 3.8) is 0 Å². The molecular formula is C12H15N3O3. The van der Waals surface area contributed by atoms with Crippen LogP contribution in [-0.2, 0) is 15.1 Å². The molecule has 0 aliphatic carbocycles. The smallest absolute Gasteiger partial charge is 0.325 e. The molecule has 1 aliphatic heterocycles. The van der Waals surface area contributed by atoms with E-state index in [-0.39, 0.29) is 12.5 Å². The van der Waals surface area contributed by atoms with Crippen molar-refractivity contribution in [1.82, 2.24) is 15.2 Å². The molecular weight excluding hydrogens is 234 g/mol. The molecule has 0 aromatic carbocycles. The summed E-state index contributed by atoms with van der Waals surface area (Å²) in [6, 6.07) is 4.85. The molecule has 0 radical (unpaired) electrons. The van der Waals surface area contributed by atoms with Gasteiger partial charge in [0, 0.05) is 13.3 Å². The van der Waals surface area contributed by atoms with Crippen molar-refractivity contribution in [1.29, 1.82) is 0 Å². The molecule has 1 N–H and O–H groups in total. The number of methoxy groups -OCH3 is 1. The number of carbonyl (C=O) groups is 2. The van der Waals surface area contributed by atoms with Crippen LogP contribution in [0.25, 0.3) is 0 Å². The summed E-state index contributed by atoms with van der Waals surface area (Å²) in [4.78, 5) is 29.4. The van der Waals surface area contributed by atoms with Gasteiger partial charge in [-0.2, -0.15) is 0 Å². The first-order chi connectivity index (χ1) is 8.59. The minimum Gasteiger partial charge on any atom is -0.383 e. The zero-order valence-electron chi connectivity index (χ0n) is 10.3. The molecule has 1 unspecified atom stereocenters. The number of amides is 3. The molecule has 1 atom stereocenters. The Kier molecular flexibility index (Phi) is 3.29. The summed E-state index contributed by atoms with van der Waals surface area (Å²) in [6.07, 6.45) is 1.60. The molecule has 6 heteroatoms. The van der Waals surface area contributed by atoms with Crippen LogP contribution >= 0.6 is 0 Å². The van der Waals surface area contributed by atoms with Gasteiger partial charge in [-0.05, 0) is 19.1 Å². The molecule has 6 nitrogen and oxygen atoms in total. The molecule has 2 heterocycles. The normalized spacial score (nSPS) is 23.3. The number of imide groups is 1. The minimum absolute atomic E-state index is 0.240. The molecule has 0 bridgehead atoms.